The van der Waals surface area contributed by atoms with Crippen LogP contribution in [0.5, 0.6) is 5.75 Å². The van der Waals surface area contributed by atoms with Crippen LogP contribution in [0.15, 0.2) is 0 Å². The molecule has 0 saturated carbocycles. The molecule has 0 unspecified atom stereocenters. The summed E-state index contributed by atoms with van der Waals surface area (Å²) >= 11 is 0. The molecule has 31 heavy (non-hydrogen) atoms. The van der Waals surface area contributed by atoms with Crippen LogP contribution in [-0.4, -0.2) is 79.9 Å². The topological polar surface area (TPSA) is 102 Å². The molecule has 1 amide bonds. The Kier molecular flexibility index (Phi) is 5.24. The van der Waals surface area contributed by atoms with E-state index in [1.807, 2.05) is 13.8 Å². The van der Waals surface area contributed by atoms with E-state index < -0.39 is 20.1 Å². The van der Waals surface area contributed by atoms with E-state index >= 15 is 0 Å². The first-order chi connectivity index (χ1) is 14.3. The second kappa shape index (κ2) is 7.30. The number of carbonyl (C=O) groups is 1. The number of hydrogen-bond acceptors (Lipinski definition) is 8. The van der Waals surface area contributed by atoms with Gasteiger partial charge >= 0.3 is 0 Å². The Bertz CT molecular complexity index is 1010. The molecule has 3 aliphatic heterocycles. The van der Waals surface area contributed by atoms with Crippen LogP contribution in [0.3, 0.4) is 0 Å². The zero-order chi connectivity index (χ0) is 22.8. The lowest BCUT2D eigenvalue weighted by molar-refractivity contribution is 0.00693. The lowest BCUT2D eigenvalue weighted by atomic mass is 9.95. The molecular formula is C21H32N4O5S. The summed E-state index contributed by atoms with van der Waals surface area (Å²) in [7, 11) is -3.56. The largest absolute Gasteiger partial charge is 0.485 e. The van der Waals surface area contributed by atoms with Gasteiger partial charge in [-0.2, -0.15) is 0 Å². The van der Waals surface area contributed by atoms with Crippen molar-refractivity contribution in [2.24, 2.45) is 5.92 Å². The Labute approximate surface area is 184 Å². The van der Waals surface area contributed by atoms with Crippen LogP contribution >= 0.6 is 0 Å². The van der Waals surface area contributed by atoms with Crippen molar-refractivity contribution in [2.75, 3.05) is 44.1 Å². The van der Waals surface area contributed by atoms with E-state index in [1.54, 1.807) is 18.7 Å². The second-order valence-corrected chi connectivity index (χ2v) is 12.6. The molecule has 0 N–H and O–H groups in total. The Hall–Kier alpha value is -1.94. The average molecular weight is 453 g/mol. The lowest BCUT2D eigenvalue weighted by Gasteiger charge is -2.51. The van der Waals surface area contributed by atoms with Crippen LogP contribution in [-0.2, 0) is 19.3 Å². The van der Waals surface area contributed by atoms with Crippen molar-refractivity contribution in [3.8, 4) is 5.75 Å². The smallest absolute Gasteiger partial charge is 0.291 e. The summed E-state index contributed by atoms with van der Waals surface area (Å²) in [5.74, 6) is 0.978. The molecule has 3 aliphatic rings. The van der Waals surface area contributed by atoms with Gasteiger partial charge in [0.1, 0.15) is 17.0 Å². The molecular weight excluding hydrogens is 420 g/mol. The van der Waals surface area contributed by atoms with Gasteiger partial charge in [-0.15, -0.1) is 0 Å². The summed E-state index contributed by atoms with van der Waals surface area (Å²) in [5.41, 5.74) is -0.232. The fourth-order valence-electron chi connectivity index (χ4n) is 4.60. The molecule has 0 bridgehead atoms. The van der Waals surface area contributed by atoms with Gasteiger partial charge in [-0.25, -0.2) is 18.4 Å². The minimum atomic E-state index is -3.56. The molecule has 4 heterocycles. The minimum absolute atomic E-state index is 0.0137. The zero-order valence-electron chi connectivity index (χ0n) is 19.1. The van der Waals surface area contributed by atoms with E-state index in [0.29, 0.717) is 50.4 Å². The van der Waals surface area contributed by atoms with Gasteiger partial charge in [0.25, 0.3) is 5.91 Å². The summed E-state index contributed by atoms with van der Waals surface area (Å²) in [4.78, 5) is 26.3. The van der Waals surface area contributed by atoms with Gasteiger partial charge in [0.05, 0.1) is 24.8 Å². The first kappa shape index (κ1) is 22.3. The maximum atomic E-state index is 13.3. The highest BCUT2D eigenvalue weighted by Gasteiger charge is 2.49. The van der Waals surface area contributed by atoms with Gasteiger partial charge in [-0.3, -0.25) is 4.79 Å². The van der Waals surface area contributed by atoms with Crippen LogP contribution in [0, 0.1) is 5.92 Å². The molecule has 0 radical (unpaired) electrons. The quantitative estimate of drug-likeness (QED) is 0.682. The van der Waals surface area contributed by atoms with E-state index in [-0.39, 0.29) is 23.5 Å². The number of carbonyl (C=O) groups excluding carboxylic acids is 1. The number of fused-ring (bicyclic) bond motifs is 3. The maximum absolute atomic E-state index is 13.3. The van der Waals surface area contributed by atoms with Crippen molar-refractivity contribution in [3.05, 3.63) is 11.5 Å². The maximum Gasteiger partial charge on any atom is 0.291 e. The van der Waals surface area contributed by atoms with E-state index in [0.717, 1.165) is 6.42 Å². The molecule has 0 aromatic carbocycles. The Morgan fingerprint density at radius 1 is 1.23 bits per heavy atom. The normalized spacial score (nSPS) is 28.7. The summed E-state index contributed by atoms with van der Waals surface area (Å²) in [6.07, 6.45) is 2.11. The fraction of sp³-hybridized carbons (Fsp3) is 0.762. The van der Waals surface area contributed by atoms with Crippen molar-refractivity contribution in [3.63, 3.8) is 0 Å². The third kappa shape index (κ3) is 3.57. The van der Waals surface area contributed by atoms with Crippen LogP contribution in [0.25, 0.3) is 0 Å². The predicted octanol–water partition coefficient (Wildman–Crippen LogP) is 1.61. The molecule has 172 valence electrons. The molecule has 0 spiro atoms. The van der Waals surface area contributed by atoms with Crippen molar-refractivity contribution >= 4 is 21.6 Å². The summed E-state index contributed by atoms with van der Waals surface area (Å²) in [6, 6.07) is -0.0137. The number of anilines is 1. The SMILES string of the molecule is C[C@@H]1CCN(C(=O)c2nc3c(c(C(C)(C)S(C)(=O)=O)n2)OC[C@]2(C)COC[C@@H](C)N32)C1. The van der Waals surface area contributed by atoms with Gasteiger partial charge < -0.3 is 19.3 Å². The third-order valence-electron chi connectivity index (χ3n) is 6.80. The number of morpholine rings is 1. The van der Waals surface area contributed by atoms with E-state index in [1.165, 1.54) is 6.26 Å². The summed E-state index contributed by atoms with van der Waals surface area (Å²) in [6.45, 7) is 11.9. The molecule has 1 aromatic rings. The van der Waals surface area contributed by atoms with Gasteiger partial charge in [-0.05, 0) is 40.0 Å². The molecule has 10 heteroatoms. The molecule has 9 nitrogen and oxygen atoms in total. The first-order valence-electron chi connectivity index (χ1n) is 10.8. The molecule has 3 atom stereocenters. The monoisotopic (exact) mass is 452 g/mol. The molecule has 0 aliphatic carbocycles. The second-order valence-electron chi connectivity index (χ2n) is 10.00. The van der Waals surface area contributed by atoms with Gasteiger partial charge in [0.2, 0.25) is 5.82 Å². The standard InChI is InChI=1S/C21H32N4O5S/c1-13-7-8-24(9-13)19(26)17-22-16(20(3,4)31(6,27)28)15-18(23-17)25-14(2)10-29-11-21(25,5)12-30-15/h13-14H,7-12H2,1-6H3/t13-,14-,21+/m1/s1. The fourth-order valence-corrected chi connectivity index (χ4v) is 5.09. The van der Waals surface area contributed by atoms with E-state index in [9.17, 15) is 13.2 Å². The van der Waals surface area contributed by atoms with Crippen molar-refractivity contribution < 1.29 is 22.7 Å². The zero-order valence-corrected chi connectivity index (χ0v) is 20.0. The summed E-state index contributed by atoms with van der Waals surface area (Å²) < 4.78 is 35.9. The minimum Gasteiger partial charge on any atom is -0.485 e. The molecule has 2 saturated heterocycles. The highest BCUT2D eigenvalue weighted by molar-refractivity contribution is 7.91. The van der Waals surface area contributed by atoms with Crippen molar-refractivity contribution in [1.29, 1.82) is 0 Å². The van der Waals surface area contributed by atoms with Crippen LogP contribution in [0.2, 0.25) is 0 Å². The number of aromatic nitrogens is 2. The number of ether oxygens (including phenoxy) is 2. The number of nitrogens with zero attached hydrogens (tertiary/aromatic N) is 4. The van der Waals surface area contributed by atoms with Crippen molar-refractivity contribution in [2.45, 2.75) is 57.4 Å². The average Bonchev–Trinajstić information content (AvgIpc) is 3.11. The number of amides is 1. The highest BCUT2D eigenvalue weighted by atomic mass is 32.2. The number of likely N-dealkylation sites (tertiary alicyclic amines) is 1. The van der Waals surface area contributed by atoms with Gasteiger partial charge in [-0.1, -0.05) is 6.92 Å². The van der Waals surface area contributed by atoms with Gasteiger partial charge in [0.15, 0.2) is 21.4 Å². The highest BCUT2D eigenvalue weighted by Crippen LogP contribution is 2.46. The van der Waals surface area contributed by atoms with Crippen molar-refractivity contribution in [1.82, 2.24) is 14.9 Å². The van der Waals surface area contributed by atoms with Crippen LogP contribution in [0.1, 0.15) is 57.4 Å². The first-order valence-corrected chi connectivity index (χ1v) is 12.7. The summed E-state index contributed by atoms with van der Waals surface area (Å²) in [5, 5.41) is 0. The Morgan fingerprint density at radius 3 is 2.55 bits per heavy atom. The third-order valence-corrected chi connectivity index (χ3v) is 8.84. The number of sulfone groups is 1. The lowest BCUT2D eigenvalue weighted by Crippen LogP contribution is -2.64. The number of hydrogen-bond donors (Lipinski definition) is 0. The van der Waals surface area contributed by atoms with E-state index in [2.05, 4.69) is 21.8 Å². The van der Waals surface area contributed by atoms with Gasteiger partial charge in [0, 0.05) is 19.3 Å². The van der Waals surface area contributed by atoms with Crippen LogP contribution in [0.4, 0.5) is 5.82 Å². The van der Waals surface area contributed by atoms with Crippen LogP contribution < -0.4 is 9.64 Å². The van der Waals surface area contributed by atoms with E-state index in [4.69, 9.17) is 9.47 Å². The Morgan fingerprint density at radius 2 is 1.94 bits per heavy atom. The Balaban J connectivity index is 1.91. The molecule has 4 rings (SSSR count). The molecule has 1 aromatic heterocycles. The molecule has 2 fully saturated rings. The number of rotatable bonds is 3. The predicted molar refractivity (Wildman–Crippen MR) is 116 cm³/mol.